The van der Waals surface area contributed by atoms with Crippen LogP contribution in [0.15, 0.2) is 60.7 Å². The van der Waals surface area contributed by atoms with Crippen LogP contribution in [-0.4, -0.2) is 31.2 Å². The first-order valence-electron chi connectivity index (χ1n) is 8.04. The molecule has 1 aromatic carbocycles. The van der Waals surface area contributed by atoms with Crippen molar-refractivity contribution < 1.29 is 13.2 Å². The fraction of sp³-hybridized carbons (Fsp3) is 0.278. The van der Waals surface area contributed by atoms with E-state index in [1.165, 1.54) is 0 Å². The topological polar surface area (TPSA) is 73.2 Å². The molecular weight excluding hydrogens is 374 g/mol. The molecule has 1 heterocycles. The lowest BCUT2D eigenvalue weighted by molar-refractivity contribution is 0.108. The quantitative estimate of drug-likeness (QED) is 0.818. The Morgan fingerprint density at radius 1 is 1.38 bits per heavy atom. The molecular formula is C18H20ClN3O3S. The van der Waals surface area contributed by atoms with Crippen molar-refractivity contribution in [1.82, 2.24) is 14.3 Å². The second kappa shape index (κ2) is 7.65. The summed E-state index contributed by atoms with van der Waals surface area (Å²) in [6.07, 6.45) is 8.74. The molecule has 0 fully saturated rings. The van der Waals surface area contributed by atoms with Crippen molar-refractivity contribution in [2.45, 2.75) is 24.8 Å². The normalized spacial score (nSPS) is 20.0. The zero-order chi connectivity index (χ0) is 18.7. The van der Waals surface area contributed by atoms with Crippen molar-refractivity contribution in [3.63, 3.8) is 0 Å². The molecule has 2 atom stereocenters. The molecule has 138 valence electrons. The fourth-order valence-corrected chi connectivity index (χ4v) is 4.25. The summed E-state index contributed by atoms with van der Waals surface area (Å²) in [6.45, 7) is 1.91. The number of halogens is 1. The summed E-state index contributed by atoms with van der Waals surface area (Å²) >= 11 is 5.92. The van der Waals surface area contributed by atoms with Crippen molar-refractivity contribution in [3.05, 3.63) is 77.0 Å². The Bertz CT molecular complexity index is 950. The summed E-state index contributed by atoms with van der Waals surface area (Å²) in [6, 6.07) is 6.72. The van der Waals surface area contributed by atoms with Gasteiger partial charge in [-0.3, -0.25) is 4.72 Å². The van der Waals surface area contributed by atoms with E-state index in [9.17, 15) is 8.42 Å². The molecule has 0 saturated carbocycles. The van der Waals surface area contributed by atoms with Crippen LogP contribution in [0.25, 0.3) is 0 Å². The molecule has 1 aliphatic rings. The third-order valence-electron chi connectivity index (χ3n) is 4.02. The van der Waals surface area contributed by atoms with E-state index in [1.807, 2.05) is 23.8 Å². The lowest BCUT2D eigenvalue weighted by Gasteiger charge is -2.26. The third kappa shape index (κ3) is 4.55. The number of ether oxygens (including phenoxy) is 1. The number of imidazole rings is 1. The molecule has 1 aromatic heterocycles. The molecule has 0 amide bonds. The average molecular weight is 394 g/mol. The smallest absolute Gasteiger partial charge is 0.236 e. The van der Waals surface area contributed by atoms with Gasteiger partial charge in [-0.25, -0.2) is 13.4 Å². The van der Waals surface area contributed by atoms with E-state index in [-0.39, 0.29) is 17.9 Å². The van der Waals surface area contributed by atoms with Crippen LogP contribution in [0.3, 0.4) is 0 Å². The Morgan fingerprint density at radius 2 is 2.19 bits per heavy atom. The summed E-state index contributed by atoms with van der Waals surface area (Å²) in [5, 5.41) is 0.507. The predicted molar refractivity (Wildman–Crippen MR) is 101 cm³/mol. The molecule has 2 aromatic rings. The zero-order valence-corrected chi connectivity index (χ0v) is 16.0. The van der Waals surface area contributed by atoms with Crippen LogP contribution in [0.2, 0.25) is 5.02 Å². The standard InChI is InChI=1S/C18H20ClN3O3S/c1-13-10-22(12-20-13)17-7-6-16(9-18(17)25-2)21-26(23,24)11-14-4-3-5-15(19)8-14/h3-10,12,17-18,21H,11H2,1-2H3. The number of nitrogens with one attached hydrogen (secondary N) is 1. The van der Waals surface area contributed by atoms with Gasteiger partial charge in [0.1, 0.15) is 6.10 Å². The van der Waals surface area contributed by atoms with Gasteiger partial charge >= 0.3 is 0 Å². The van der Waals surface area contributed by atoms with Crippen molar-refractivity contribution >= 4 is 21.6 Å². The average Bonchev–Trinajstić information content (AvgIpc) is 3.00. The second-order valence-corrected chi connectivity index (χ2v) is 8.28. The summed E-state index contributed by atoms with van der Waals surface area (Å²) in [4.78, 5) is 4.22. The third-order valence-corrected chi connectivity index (χ3v) is 5.51. The van der Waals surface area contributed by atoms with Crippen molar-refractivity contribution in [2.75, 3.05) is 7.11 Å². The number of aryl methyl sites for hydroxylation is 1. The van der Waals surface area contributed by atoms with Gasteiger partial charge in [0.25, 0.3) is 0 Å². The van der Waals surface area contributed by atoms with Gasteiger partial charge in [0.2, 0.25) is 10.0 Å². The van der Waals surface area contributed by atoms with Gasteiger partial charge in [-0.15, -0.1) is 0 Å². The van der Waals surface area contributed by atoms with Gasteiger partial charge in [0, 0.05) is 24.0 Å². The lowest BCUT2D eigenvalue weighted by atomic mass is 10.0. The zero-order valence-electron chi connectivity index (χ0n) is 14.5. The van der Waals surface area contributed by atoms with Crippen molar-refractivity contribution in [2.24, 2.45) is 0 Å². The molecule has 2 unspecified atom stereocenters. The highest BCUT2D eigenvalue weighted by Crippen LogP contribution is 2.24. The minimum absolute atomic E-state index is 0.0811. The number of aromatic nitrogens is 2. The number of methoxy groups -OCH3 is 1. The van der Waals surface area contributed by atoms with E-state index >= 15 is 0 Å². The highest BCUT2D eigenvalue weighted by molar-refractivity contribution is 7.88. The second-order valence-electron chi connectivity index (χ2n) is 6.13. The number of rotatable bonds is 6. The van der Waals surface area contributed by atoms with E-state index in [4.69, 9.17) is 16.3 Å². The summed E-state index contributed by atoms with van der Waals surface area (Å²) in [5.41, 5.74) is 2.01. The van der Waals surface area contributed by atoms with Crippen LogP contribution in [0.5, 0.6) is 0 Å². The lowest BCUT2D eigenvalue weighted by Crippen LogP contribution is -2.30. The monoisotopic (exact) mass is 393 g/mol. The number of nitrogens with zero attached hydrogens (tertiary/aromatic N) is 2. The molecule has 1 aliphatic carbocycles. The van der Waals surface area contributed by atoms with Crippen LogP contribution in [0.1, 0.15) is 17.3 Å². The SMILES string of the molecule is COC1C=C(NS(=O)(=O)Cc2cccc(Cl)c2)C=CC1n1cnc(C)c1. The van der Waals surface area contributed by atoms with Gasteiger partial charge in [-0.05, 0) is 36.8 Å². The Balaban J connectivity index is 1.73. The predicted octanol–water partition coefficient (Wildman–Crippen LogP) is 2.97. The van der Waals surface area contributed by atoms with Crippen LogP contribution >= 0.6 is 11.6 Å². The van der Waals surface area contributed by atoms with Gasteiger partial charge in [0.15, 0.2) is 0 Å². The van der Waals surface area contributed by atoms with Crippen LogP contribution in [0.4, 0.5) is 0 Å². The van der Waals surface area contributed by atoms with Gasteiger partial charge < -0.3 is 9.30 Å². The van der Waals surface area contributed by atoms with Gasteiger partial charge in [-0.2, -0.15) is 0 Å². The first-order valence-corrected chi connectivity index (χ1v) is 10.1. The van der Waals surface area contributed by atoms with Crippen LogP contribution < -0.4 is 4.72 Å². The maximum Gasteiger partial charge on any atom is 0.236 e. The molecule has 0 saturated heterocycles. The molecule has 1 N–H and O–H groups in total. The summed E-state index contributed by atoms with van der Waals surface area (Å²) < 4.78 is 34.9. The van der Waals surface area contributed by atoms with Crippen LogP contribution in [0, 0.1) is 6.92 Å². The molecule has 26 heavy (non-hydrogen) atoms. The molecule has 3 rings (SSSR count). The van der Waals surface area contributed by atoms with E-state index in [0.717, 1.165) is 5.69 Å². The minimum atomic E-state index is -3.56. The number of sulfonamides is 1. The van der Waals surface area contributed by atoms with E-state index in [1.54, 1.807) is 49.9 Å². The van der Waals surface area contributed by atoms with Crippen molar-refractivity contribution in [1.29, 1.82) is 0 Å². The molecule has 0 radical (unpaired) electrons. The fourth-order valence-electron chi connectivity index (χ4n) is 2.85. The largest absolute Gasteiger partial charge is 0.375 e. The number of hydrogen-bond donors (Lipinski definition) is 1. The molecule has 8 heteroatoms. The van der Waals surface area contributed by atoms with E-state index < -0.39 is 10.0 Å². The molecule has 0 aliphatic heterocycles. The van der Waals surface area contributed by atoms with Gasteiger partial charge in [-0.1, -0.05) is 29.8 Å². The molecule has 6 nitrogen and oxygen atoms in total. The number of allylic oxidation sites excluding steroid dienone is 1. The Kier molecular flexibility index (Phi) is 5.50. The Labute approximate surface area is 158 Å². The minimum Gasteiger partial charge on any atom is -0.375 e. The van der Waals surface area contributed by atoms with Crippen LogP contribution in [-0.2, 0) is 20.5 Å². The summed E-state index contributed by atoms with van der Waals surface area (Å²) in [5.74, 6) is -0.152. The maximum atomic E-state index is 12.4. The first-order chi connectivity index (χ1) is 12.4. The maximum absolute atomic E-state index is 12.4. The van der Waals surface area contributed by atoms with E-state index in [2.05, 4.69) is 9.71 Å². The number of benzene rings is 1. The van der Waals surface area contributed by atoms with E-state index in [0.29, 0.717) is 16.3 Å². The van der Waals surface area contributed by atoms with Crippen molar-refractivity contribution in [3.8, 4) is 0 Å². The Morgan fingerprint density at radius 3 is 2.85 bits per heavy atom. The molecule has 0 bridgehead atoms. The molecule has 0 spiro atoms. The first kappa shape index (κ1) is 18.7. The number of hydrogen-bond acceptors (Lipinski definition) is 4. The highest BCUT2D eigenvalue weighted by atomic mass is 35.5. The van der Waals surface area contributed by atoms with Gasteiger partial charge in [0.05, 0.1) is 23.8 Å². The highest BCUT2D eigenvalue weighted by Gasteiger charge is 2.24. The summed E-state index contributed by atoms with van der Waals surface area (Å²) in [7, 11) is -1.97. The Hall–Kier alpha value is -2.09.